The van der Waals surface area contributed by atoms with Gasteiger partial charge in [-0.25, -0.2) is 0 Å². The number of allylic oxidation sites excluding steroid dienone is 2. The van der Waals surface area contributed by atoms with Crippen LogP contribution in [0.4, 0.5) is 0 Å². The number of fused-ring (bicyclic) bond motifs is 1. The Bertz CT molecular complexity index is 203. The molecule has 0 amide bonds. The predicted octanol–water partition coefficient (Wildman–Crippen LogP) is 1.93. The summed E-state index contributed by atoms with van der Waals surface area (Å²) in [6, 6.07) is 0. The van der Waals surface area contributed by atoms with Crippen LogP contribution >= 0.6 is 0 Å². The van der Waals surface area contributed by atoms with Gasteiger partial charge in [0.05, 0.1) is 0 Å². The topological polar surface area (TPSA) is 17.1 Å². The number of ketones is 1. The molecule has 2 aliphatic carbocycles. The zero-order chi connectivity index (χ0) is 7.14. The first kappa shape index (κ1) is 6.14. The van der Waals surface area contributed by atoms with Crippen molar-refractivity contribution in [3.8, 4) is 0 Å². The van der Waals surface area contributed by atoms with Crippen LogP contribution in [-0.4, -0.2) is 5.78 Å². The van der Waals surface area contributed by atoms with Crippen molar-refractivity contribution in [2.24, 2.45) is 11.8 Å². The number of hydrogen-bond acceptors (Lipinski definition) is 1. The van der Waals surface area contributed by atoms with Gasteiger partial charge in [0.15, 0.2) is 0 Å². The first-order chi connectivity index (χ1) is 4.81. The monoisotopic (exact) mass is 136 g/mol. The fourth-order valence-electron chi connectivity index (χ4n) is 1.97. The zero-order valence-electron chi connectivity index (χ0n) is 6.26. The van der Waals surface area contributed by atoms with E-state index >= 15 is 0 Å². The van der Waals surface area contributed by atoms with Gasteiger partial charge in [-0.3, -0.25) is 4.79 Å². The third-order valence-corrected chi connectivity index (χ3v) is 2.74. The van der Waals surface area contributed by atoms with Crippen LogP contribution in [0.5, 0.6) is 0 Å². The second-order valence-corrected chi connectivity index (χ2v) is 3.34. The highest BCUT2D eigenvalue weighted by molar-refractivity contribution is 5.90. The van der Waals surface area contributed by atoms with Crippen LogP contribution in [0.1, 0.15) is 26.2 Å². The summed E-state index contributed by atoms with van der Waals surface area (Å²) in [6.07, 6.45) is 5.38. The summed E-state index contributed by atoms with van der Waals surface area (Å²) < 4.78 is 0. The van der Waals surface area contributed by atoms with Crippen LogP contribution in [-0.2, 0) is 4.79 Å². The van der Waals surface area contributed by atoms with Crippen LogP contribution in [0.25, 0.3) is 0 Å². The summed E-state index contributed by atoms with van der Waals surface area (Å²) in [5.74, 6) is 1.52. The van der Waals surface area contributed by atoms with E-state index < -0.39 is 0 Å². The van der Waals surface area contributed by atoms with Gasteiger partial charge in [0, 0.05) is 12.3 Å². The first-order valence-electron chi connectivity index (χ1n) is 4.03. The van der Waals surface area contributed by atoms with Gasteiger partial charge in [0.2, 0.25) is 0 Å². The number of carbonyl (C=O) groups is 1. The van der Waals surface area contributed by atoms with Gasteiger partial charge in [-0.2, -0.15) is 0 Å². The minimum atomic E-state index is 0.343. The van der Waals surface area contributed by atoms with Gasteiger partial charge in [-0.15, -0.1) is 0 Å². The molecule has 1 unspecified atom stereocenters. The maximum atomic E-state index is 10.9. The molecular weight excluding hydrogens is 124 g/mol. The molecule has 1 heteroatoms. The lowest BCUT2D eigenvalue weighted by Crippen LogP contribution is -2.32. The lowest BCUT2D eigenvalue weighted by Gasteiger charge is -2.27. The normalized spacial score (nSPS) is 36.9. The zero-order valence-corrected chi connectivity index (χ0v) is 6.26. The molecule has 0 heterocycles. The van der Waals surface area contributed by atoms with Crippen molar-refractivity contribution in [2.45, 2.75) is 26.2 Å². The molecule has 1 nitrogen and oxygen atoms in total. The van der Waals surface area contributed by atoms with Crippen LogP contribution in [0, 0.1) is 11.8 Å². The Hall–Kier alpha value is -0.590. The fraction of sp³-hybridized carbons (Fsp3) is 0.667. The number of rotatable bonds is 1. The average molecular weight is 136 g/mol. The lowest BCUT2D eigenvalue weighted by molar-refractivity contribution is -0.130. The molecule has 1 fully saturated rings. The summed E-state index contributed by atoms with van der Waals surface area (Å²) in [4.78, 5) is 10.9. The molecule has 0 saturated heterocycles. The number of Topliss-reactive ketones (excluding diaryl/α,β-unsaturated/α-hetero) is 1. The molecule has 1 saturated carbocycles. The van der Waals surface area contributed by atoms with E-state index in [2.05, 4.69) is 13.0 Å². The molecule has 54 valence electrons. The van der Waals surface area contributed by atoms with Gasteiger partial charge < -0.3 is 0 Å². The van der Waals surface area contributed by atoms with E-state index in [1.807, 2.05) is 0 Å². The number of carbonyl (C=O) groups excluding carboxylic acids is 1. The highest BCUT2D eigenvalue weighted by Crippen LogP contribution is 2.43. The summed E-state index contributed by atoms with van der Waals surface area (Å²) in [5.41, 5.74) is 1.50. The highest BCUT2D eigenvalue weighted by Gasteiger charge is 2.41. The Morgan fingerprint density at radius 2 is 2.40 bits per heavy atom. The molecule has 2 rings (SSSR count). The third kappa shape index (κ3) is 0.664. The molecule has 0 N–H and O–H groups in total. The third-order valence-electron chi connectivity index (χ3n) is 2.74. The summed E-state index contributed by atoms with van der Waals surface area (Å²) >= 11 is 0. The second-order valence-electron chi connectivity index (χ2n) is 3.34. The van der Waals surface area contributed by atoms with Gasteiger partial charge in [-0.05, 0) is 18.8 Å². The van der Waals surface area contributed by atoms with E-state index in [4.69, 9.17) is 0 Å². The minimum absolute atomic E-state index is 0.343. The summed E-state index contributed by atoms with van der Waals surface area (Å²) in [7, 11) is 0. The van der Waals surface area contributed by atoms with E-state index in [1.54, 1.807) is 0 Å². The molecule has 0 radical (unpaired) electrons. The standard InChI is InChI=1S/C9H12O/c1-2-6-3-7-5-9(10)8(7)4-6/h4,7-8H,2-3,5H2,1H3/t7?,8-/m1/s1. The van der Waals surface area contributed by atoms with Crippen LogP contribution in [0.2, 0.25) is 0 Å². The molecule has 2 atom stereocenters. The van der Waals surface area contributed by atoms with Crippen molar-refractivity contribution in [2.75, 3.05) is 0 Å². The first-order valence-corrected chi connectivity index (χ1v) is 4.03. The minimum Gasteiger partial charge on any atom is -0.299 e. The molecular formula is C9H12O. The van der Waals surface area contributed by atoms with Crippen LogP contribution in [0.3, 0.4) is 0 Å². The molecule has 10 heavy (non-hydrogen) atoms. The Labute approximate surface area is 61.1 Å². The van der Waals surface area contributed by atoms with Crippen LogP contribution in [0.15, 0.2) is 11.6 Å². The van der Waals surface area contributed by atoms with E-state index in [1.165, 1.54) is 12.0 Å². The van der Waals surface area contributed by atoms with E-state index in [-0.39, 0.29) is 0 Å². The lowest BCUT2D eigenvalue weighted by atomic mass is 9.75. The summed E-state index contributed by atoms with van der Waals surface area (Å²) in [6.45, 7) is 2.17. The SMILES string of the molecule is CCC1=C[C@H]2C(=O)CC2C1. The number of hydrogen-bond donors (Lipinski definition) is 0. The largest absolute Gasteiger partial charge is 0.299 e. The molecule has 0 bridgehead atoms. The maximum Gasteiger partial charge on any atom is 0.140 e. The van der Waals surface area contributed by atoms with E-state index in [0.717, 1.165) is 12.8 Å². The predicted molar refractivity (Wildman–Crippen MR) is 39.6 cm³/mol. The Kier molecular flexibility index (Phi) is 1.19. The molecule has 2 aliphatic rings. The Morgan fingerprint density at radius 1 is 1.60 bits per heavy atom. The van der Waals surface area contributed by atoms with Crippen molar-refractivity contribution >= 4 is 5.78 Å². The highest BCUT2D eigenvalue weighted by atomic mass is 16.1. The molecule has 0 aromatic heterocycles. The maximum absolute atomic E-state index is 10.9. The van der Waals surface area contributed by atoms with Crippen molar-refractivity contribution in [1.82, 2.24) is 0 Å². The van der Waals surface area contributed by atoms with Crippen molar-refractivity contribution in [1.29, 1.82) is 0 Å². The van der Waals surface area contributed by atoms with Gasteiger partial charge >= 0.3 is 0 Å². The fourth-order valence-corrected chi connectivity index (χ4v) is 1.97. The van der Waals surface area contributed by atoms with Gasteiger partial charge in [0.25, 0.3) is 0 Å². The molecule has 0 aromatic carbocycles. The van der Waals surface area contributed by atoms with Gasteiger partial charge in [-0.1, -0.05) is 18.6 Å². The van der Waals surface area contributed by atoms with Crippen molar-refractivity contribution in [3.63, 3.8) is 0 Å². The van der Waals surface area contributed by atoms with Crippen molar-refractivity contribution < 1.29 is 4.79 Å². The molecule has 0 aliphatic heterocycles. The van der Waals surface area contributed by atoms with Gasteiger partial charge in [0.1, 0.15) is 5.78 Å². The molecule has 0 spiro atoms. The Balaban J connectivity index is 2.12. The second kappa shape index (κ2) is 1.94. The quantitative estimate of drug-likeness (QED) is 0.503. The average Bonchev–Trinajstić information content (AvgIpc) is 2.26. The van der Waals surface area contributed by atoms with E-state index in [9.17, 15) is 4.79 Å². The summed E-state index contributed by atoms with van der Waals surface area (Å²) in [5, 5.41) is 0. The van der Waals surface area contributed by atoms with E-state index in [0.29, 0.717) is 17.6 Å². The van der Waals surface area contributed by atoms with Crippen LogP contribution < -0.4 is 0 Å². The molecule has 0 aromatic rings. The van der Waals surface area contributed by atoms with Crippen molar-refractivity contribution in [3.05, 3.63) is 11.6 Å². The smallest absolute Gasteiger partial charge is 0.140 e. The Morgan fingerprint density at radius 3 is 2.90 bits per heavy atom.